The molecule has 0 aromatic heterocycles. The molecule has 0 saturated carbocycles. The molecule has 0 fully saturated rings. The lowest BCUT2D eigenvalue weighted by molar-refractivity contribution is -0.131. The Morgan fingerprint density at radius 1 is 1.22 bits per heavy atom. The van der Waals surface area contributed by atoms with E-state index in [1.54, 1.807) is 6.07 Å². The summed E-state index contributed by atoms with van der Waals surface area (Å²) in [6.45, 7) is 4.33. The second kappa shape index (κ2) is 11.6. The summed E-state index contributed by atoms with van der Waals surface area (Å²) >= 11 is 0. The molecule has 3 N–H and O–H groups in total. The number of hydrogen-bond donors (Lipinski definition) is 3. The lowest BCUT2D eigenvalue weighted by atomic mass is 9.88. The average Bonchev–Trinajstić information content (AvgIpc) is 3.22. The topological polar surface area (TPSA) is 116 Å². The number of hydrogen-bond acceptors (Lipinski definition) is 6. The quantitative estimate of drug-likeness (QED) is 0.372. The third-order valence-electron chi connectivity index (χ3n) is 6.51. The van der Waals surface area contributed by atoms with Crippen LogP contribution in [0, 0.1) is 5.92 Å². The lowest BCUT2D eigenvalue weighted by Gasteiger charge is -2.31. The van der Waals surface area contributed by atoms with Crippen LogP contribution < -0.4 is 10.1 Å². The van der Waals surface area contributed by atoms with Crippen molar-refractivity contribution in [3.05, 3.63) is 65.2 Å². The third-order valence-corrected chi connectivity index (χ3v) is 8.36. The van der Waals surface area contributed by atoms with Crippen LogP contribution >= 0.6 is 0 Å². The van der Waals surface area contributed by atoms with E-state index in [-0.39, 0.29) is 29.3 Å². The zero-order valence-corrected chi connectivity index (χ0v) is 22.1. The summed E-state index contributed by atoms with van der Waals surface area (Å²) in [4.78, 5) is 10.7. The molecule has 3 rings (SSSR count). The SMILES string of the molecule is COc1ccc(C=CC(=O)O)cc1S(=O)(=O)N(C)CC(O)CNC(C)(C)CC1Cc2ccccc2C1. The van der Waals surface area contributed by atoms with Crippen LogP contribution in [-0.2, 0) is 27.7 Å². The fraction of sp³-hybridized carbons (Fsp3) is 0.444. The van der Waals surface area contributed by atoms with E-state index in [9.17, 15) is 18.3 Å². The van der Waals surface area contributed by atoms with E-state index in [4.69, 9.17) is 9.84 Å². The number of aliphatic hydroxyl groups is 1. The molecule has 196 valence electrons. The van der Waals surface area contributed by atoms with Crippen molar-refractivity contribution in [3.63, 3.8) is 0 Å². The summed E-state index contributed by atoms with van der Waals surface area (Å²) in [5.74, 6) is -0.469. The molecule has 0 saturated heterocycles. The van der Waals surface area contributed by atoms with Crippen molar-refractivity contribution < 1.29 is 28.2 Å². The molecule has 0 amide bonds. The molecule has 9 heteroatoms. The highest BCUT2D eigenvalue weighted by Crippen LogP contribution is 2.32. The second-order valence-corrected chi connectivity index (χ2v) is 12.0. The van der Waals surface area contributed by atoms with Gasteiger partial charge in [-0.3, -0.25) is 0 Å². The minimum atomic E-state index is -4.00. The Balaban J connectivity index is 1.60. The number of sulfonamides is 1. The number of aliphatic hydroxyl groups excluding tert-OH is 1. The summed E-state index contributed by atoms with van der Waals surface area (Å²) in [6, 6.07) is 12.9. The van der Waals surface area contributed by atoms with Crippen molar-refractivity contribution in [2.45, 2.75) is 49.6 Å². The molecule has 1 unspecified atom stereocenters. The van der Waals surface area contributed by atoms with Gasteiger partial charge in [0.25, 0.3) is 0 Å². The number of nitrogens with one attached hydrogen (secondary N) is 1. The van der Waals surface area contributed by atoms with Gasteiger partial charge in [0.2, 0.25) is 10.0 Å². The molecule has 36 heavy (non-hydrogen) atoms. The number of ether oxygens (including phenoxy) is 1. The predicted octanol–water partition coefficient (Wildman–Crippen LogP) is 2.95. The van der Waals surface area contributed by atoms with Gasteiger partial charge in [-0.05, 0) is 73.9 Å². The molecule has 0 spiro atoms. The number of carboxylic acid groups (broad SMARTS) is 1. The predicted molar refractivity (Wildman–Crippen MR) is 140 cm³/mol. The van der Waals surface area contributed by atoms with Crippen molar-refractivity contribution in [1.29, 1.82) is 0 Å². The van der Waals surface area contributed by atoms with Crippen LogP contribution in [0.1, 0.15) is 37.0 Å². The van der Waals surface area contributed by atoms with E-state index >= 15 is 0 Å². The van der Waals surface area contributed by atoms with Gasteiger partial charge in [0.1, 0.15) is 10.6 Å². The van der Waals surface area contributed by atoms with Crippen LogP contribution in [0.4, 0.5) is 0 Å². The molecule has 1 aliphatic carbocycles. The van der Waals surface area contributed by atoms with Crippen molar-refractivity contribution in [2.75, 3.05) is 27.2 Å². The number of rotatable bonds is 12. The minimum absolute atomic E-state index is 0.0960. The van der Waals surface area contributed by atoms with Crippen LogP contribution in [0.25, 0.3) is 6.08 Å². The zero-order valence-electron chi connectivity index (χ0n) is 21.3. The highest BCUT2D eigenvalue weighted by Gasteiger charge is 2.30. The molecule has 0 heterocycles. The fourth-order valence-corrected chi connectivity index (χ4v) is 6.17. The molecule has 0 aliphatic heterocycles. The molecule has 1 aliphatic rings. The minimum Gasteiger partial charge on any atom is -0.495 e. The first-order chi connectivity index (χ1) is 16.9. The summed E-state index contributed by atoms with van der Waals surface area (Å²) < 4.78 is 32.8. The van der Waals surface area contributed by atoms with Gasteiger partial charge in [-0.1, -0.05) is 30.3 Å². The lowest BCUT2D eigenvalue weighted by Crippen LogP contribution is -2.47. The van der Waals surface area contributed by atoms with E-state index in [0.717, 1.165) is 29.6 Å². The van der Waals surface area contributed by atoms with E-state index in [1.807, 2.05) is 0 Å². The van der Waals surface area contributed by atoms with Crippen LogP contribution in [0.5, 0.6) is 5.75 Å². The molecule has 2 aromatic rings. The maximum Gasteiger partial charge on any atom is 0.328 e. The number of fused-ring (bicyclic) bond motifs is 1. The Morgan fingerprint density at radius 2 is 1.86 bits per heavy atom. The second-order valence-electron chi connectivity index (χ2n) is 10.0. The van der Waals surface area contributed by atoms with Crippen LogP contribution in [0.3, 0.4) is 0 Å². The Labute approximate surface area is 213 Å². The molecule has 0 radical (unpaired) electrons. The normalized spacial score (nSPS) is 15.4. The van der Waals surface area contributed by atoms with Gasteiger partial charge in [0.15, 0.2) is 0 Å². The smallest absolute Gasteiger partial charge is 0.328 e. The Bertz CT molecular complexity index is 1180. The van der Waals surface area contributed by atoms with E-state index < -0.39 is 22.1 Å². The van der Waals surface area contributed by atoms with E-state index in [0.29, 0.717) is 11.5 Å². The van der Waals surface area contributed by atoms with Crippen molar-refractivity contribution in [1.82, 2.24) is 9.62 Å². The van der Waals surface area contributed by atoms with Gasteiger partial charge >= 0.3 is 5.97 Å². The number of aliphatic carboxylic acids is 1. The van der Waals surface area contributed by atoms with Crippen molar-refractivity contribution >= 4 is 22.1 Å². The summed E-state index contributed by atoms with van der Waals surface area (Å²) in [5.41, 5.74) is 2.99. The Kier molecular flexibility index (Phi) is 8.94. The van der Waals surface area contributed by atoms with Gasteiger partial charge in [-0.15, -0.1) is 0 Å². The van der Waals surface area contributed by atoms with Gasteiger partial charge in [-0.2, -0.15) is 4.31 Å². The number of likely N-dealkylation sites (N-methyl/N-ethyl adjacent to an activating group) is 1. The molecule has 2 aromatic carbocycles. The molecule has 0 bridgehead atoms. The van der Waals surface area contributed by atoms with Crippen LogP contribution in [0.2, 0.25) is 0 Å². The number of carbonyl (C=O) groups is 1. The molecule has 8 nitrogen and oxygen atoms in total. The number of carboxylic acids is 1. The Morgan fingerprint density at radius 3 is 2.44 bits per heavy atom. The van der Waals surface area contributed by atoms with Crippen LogP contribution in [0.15, 0.2) is 53.4 Å². The largest absolute Gasteiger partial charge is 0.495 e. The van der Waals surface area contributed by atoms with Gasteiger partial charge in [0, 0.05) is 31.8 Å². The molecular formula is C27H36N2O6S. The molecule has 1 atom stereocenters. The fourth-order valence-electron chi connectivity index (χ4n) is 4.78. The molecular weight excluding hydrogens is 480 g/mol. The maximum atomic E-state index is 13.3. The summed E-state index contributed by atoms with van der Waals surface area (Å²) in [6.07, 6.45) is 4.36. The highest BCUT2D eigenvalue weighted by molar-refractivity contribution is 7.89. The average molecular weight is 517 g/mol. The van der Waals surface area contributed by atoms with Crippen molar-refractivity contribution in [3.8, 4) is 5.75 Å². The summed E-state index contributed by atoms with van der Waals surface area (Å²) in [5, 5.41) is 22.9. The van der Waals surface area contributed by atoms with Crippen molar-refractivity contribution in [2.24, 2.45) is 5.92 Å². The zero-order chi connectivity index (χ0) is 26.5. The van der Waals surface area contributed by atoms with E-state index in [2.05, 4.69) is 43.4 Å². The number of β-amino-alcohol motifs (C(OH)–C–C–N with tert-alkyl or cyclic N) is 1. The van der Waals surface area contributed by atoms with Crippen LogP contribution in [-0.4, -0.2) is 67.8 Å². The summed E-state index contributed by atoms with van der Waals surface area (Å²) in [7, 11) is -1.23. The first-order valence-corrected chi connectivity index (χ1v) is 13.4. The first kappa shape index (κ1) is 27.9. The monoisotopic (exact) mass is 516 g/mol. The van der Waals surface area contributed by atoms with E-state index in [1.165, 1.54) is 43.5 Å². The van der Waals surface area contributed by atoms with Gasteiger partial charge < -0.3 is 20.3 Å². The Hall–Kier alpha value is -2.72. The highest BCUT2D eigenvalue weighted by atomic mass is 32.2. The van der Waals surface area contributed by atoms with Gasteiger partial charge in [-0.25, -0.2) is 13.2 Å². The first-order valence-electron chi connectivity index (χ1n) is 12.0. The third kappa shape index (κ3) is 7.16. The number of nitrogens with zero attached hydrogens (tertiary/aromatic N) is 1. The maximum absolute atomic E-state index is 13.3. The van der Waals surface area contributed by atoms with Gasteiger partial charge in [0.05, 0.1) is 13.2 Å². The number of methoxy groups -OCH3 is 1. The standard InChI is InChI=1S/C27H36N2O6S/c1-27(2,16-20-13-21-7-5-6-8-22(21)14-20)28-17-23(30)18-29(3)36(33,34)25-15-19(10-12-26(31)32)9-11-24(25)35-4/h5-12,15,20,23,28,30H,13-14,16-18H2,1-4H3,(H,31,32). The number of benzene rings is 2.